The van der Waals surface area contributed by atoms with Crippen molar-refractivity contribution in [2.24, 2.45) is 11.7 Å². The van der Waals surface area contributed by atoms with E-state index in [0.29, 0.717) is 43.6 Å². The van der Waals surface area contributed by atoms with E-state index in [4.69, 9.17) is 5.73 Å². The number of fused-ring (bicyclic) bond motifs is 1. The highest BCUT2D eigenvalue weighted by atomic mass is 16.2. The van der Waals surface area contributed by atoms with Crippen LogP contribution in [0.1, 0.15) is 53.6 Å². The molecule has 3 atom stereocenters. The minimum absolute atomic E-state index is 0.123. The van der Waals surface area contributed by atoms with E-state index in [0.717, 1.165) is 17.5 Å². The summed E-state index contributed by atoms with van der Waals surface area (Å²) < 4.78 is 0. The number of amides is 3. The van der Waals surface area contributed by atoms with E-state index in [9.17, 15) is 14.4 Å². The van der Waals surface area contributed by atoms with E-state index in [1.54, 1.807) is 4.90 Å². The number of piperidine rings is 1. The molecule has 1 aromatic rings. The normalized spacial score (nSPS) is 27.8. The van der Waals surface area contributed by atoms with Crippen molar-refractivity contribution in [2.45, 2.75) is 57.3 Å². The van der Waals surface area contributed by atoms with Crippen molar-refractivity contribution in [3.8, 4) is 0 Å². The largest absolute Gasteiger partial charge is 0.330 e. The van der Waals surface area contributed by atoms with Gasteiger partial charge in [0.2, 0.25) is 11.8 Å². The highest BCUT2D eigenvalue weighted by Gasteiger charge is 2.39. The van der Waals surface area contributed by atoms with Crippen molar-refractivity contribution in [3.05, 3.63) is 34.9 Å². The van der Waals surface area contributed by atoms with Crippen LogP contribution in [0.25, 0.3) is 0 Å². The van der Waals surface area contributed by atoms with Crippen LogP contribution in [-0.2, 0) is 22.7 Å². The molecule has 0 radical (unpaired) electrons. The fourth-order valence-electron chi connectivity index (χ4n) is 4.55. The Labute approximate surface area is 158 Å². The van der Waals surface area contributed by atoms with Gasteiger partial charge in [0.25, 0.3) is 5.91 Å². The smallest absolute Gasteiger partial charge is 0.255 e. The molecule has 1 saturated carbocycles. The van der Waals surface area contributed by atoms with Gasteiger partial charge in [0.15, 0.2) is 0 Å². The van der Waals surface area contributed by atoms with Crippen LogP contribution in [0.2, 0.25) is 0 Å². The fraction of sp³-hybridized carbons (Fsp3) is 0.550. The van der Waals surface area contributed by atoms with Gasteiger partial charge < -0.3 is 16.0 Å². The van der Waals surface area contributed by atoms with Gasteiger partial charge in [-0.2, -0.15) is 0 Å². The lowest BCUT2D eigenvalue weighted by atomic mass is 10.0. The summed E-state index contributed by atoms with van der Waals surface area (Å²) in [4.78, 5) is 37.9. The van der Waals surface area contributed by atoms with Crippen molar-refractivity contribution < 1.29 is 14.4 Å². The molecule has 7 heteroatoms. The Balaban J connectivity index is 1.43. The number of carbonyl (C=O) groups is 3. The lowest BCUT2D eigenvalue weighted by Gasteiger charge is -2.29. The molecule has 1 unspecified atom stereocenters. The second-order valence-electron chi connectivity index (χ2n) is 7.81. The van der Waals surface area contributed by atoms with E-state index >= 15 is 0 Å². The van der Waals surface area contributed by atoms with Crippen LogP contribution in [0.5, 0.6) is 0 Å². The SMILES string of the molecule is NC[C@@H]1CCC[C@H]1NCc1ccc2c(c1)C(=O)N(C1CCC(=O)NC1=O)C2. The average Bonchev–Trinajstić information content (AvgIpc) is 3.24. The molecule has 0 aromatic heterocycles. The zero-order valence-electron chi connectivity index (χ0n) is 15.4. The molecule has 7 nitrogen and oxygen atoms in total. The molecule has 3 amide bonds. The van der Waals surface area contributed by atoms with E-state index in [2.05, 4.69) is 10.6 Å². The summed E-state index contributed by atoms with van der Waals surface area (Å²) in [5.41, 5.74) is 8.52. The summed E-state index contributed by atoms with van der Waals surface area (Å²) in [5.74, 6) is -0.231. The van der Waals surface area contributed by atoms with Gasteiger partial charge in [-0.05, 0) is 48.9 Å². The van der Waals surface area contributed by atoms with Gasteiger partial charge in [-0.25, -0.2) is 0 Å². The lowest BCUT2D eigenvalue weighted by molar-refractivity contribution is -0.136. The molecule has 3 aliphatic rings. The monoisotopic (exact) mass is 370 g/mol. The molecule has 27 heavy (non-hydrogen) atoms. The molecule has 2 fully saturated rings. The summed E-state index contributed by atoms with van der Waals surface area (Å²) in [6.45, 7) is 1.84. The van der Waals surface area contributed by atoms with Crippen LogP contribution in [0.15, 0.2) is 18.2 Å². The Morgan fingerprint density at radius 1 is 1.19 bits per heavy atom. The number of nitrogens with one attached hydrogen (secondary N) is 2. The number of nitrogens with two attached hydrogens (primary N) is 1. The summed E-state index contributed by atoms with van der Waals surface area (Å²) in [6, 6.07) is 5.83. The Morgan fingerprint density at radius 2 is 2.04 bits per heavy atom. The first kappa shape index (κ1) is 18.1. The zero-order chi connectivity index (χ0) is 19.0. The number of carbonyl (C=O) groups excluding carboxylic acids is 3. The minimum atomic E-state index is -0.562. The molecule has 2 aliphatic heterocycles. The van der Waals surface area contributed by atoms with Gasteiger partial charge in [0.1, 0.15) is 6.04 Å². The third kappa shape index (κ3) is 3.49. The highest BCUT2D eigenvalue weighted by Crippen LogP contribution is 2.29. The minimum Gasteiger partial charge on any atom is -0.330 e. The zero-order valence-corrected chi connectivity index (χ0v) is 15.4. The van der Waals surface area contributed by atoms with Gasteiger partial charge in [0.05, 0.1) is 0 Å². The first-order valence-electron chi connectivity index (χ1n) is 9.76. The molecule has 0 spiro atoms. The Bertz CT molecular complexity index is 778. The summed E-state index contributed by atoms with van der Waals surface area (Å²) in [6.07, 6.45) is 4.20. The van der Waals surface area contributed by atoms with Crippen LogP contribution < -0.4 is 16.4 Å². The van der Waals surface area contributed by atoms with Gasteiger partial charge >= 0.3 is 0 Å². The Hall–Kier alpha value is -2.25. The van der Waals surface area contributed by atoms with Crippen molar-refractivity contribution >= 4 is 17.7 Å². The van der Waals surface area contributed by atoms with Crippen molar-refractivity contribution in [3.63, 3.8) is 0 Å². The van der Waals surface area contributed by atoms with E-state index < -0.39 is 6.04 Å². The number of imide groups is 1. The quantitative estimate of drug-likeness (QED) is 0.661. The Morgan fingerprint density at radius 3 is 2.81 bits per heavy atom. The predicted octanol–water partition coefficient (Wildman–Crippen LogP) is 0.665. The van der Waals surface area contributed by atoms with Crippen LogP contribution in [0.3, 0.4) is 0 Å². The van der Waals surface area contributed by atoms with E-state index in [1.807, 2.05) is 18.2 Å². The van der Waals surface area contributed by atoms with Crippen molar-refractivity contribution in [1.29, 1.82) is 0 Å². The molecule has 2 heterocycles. The maximum Gasteiger partial charge on any atom is 0.255 e. The maximum absolute atomic E-state index is 12.9. The van der Waals surface area contributed by atoms with Crippen LogP contribution in [0.4, 0.5) is 0 Å². The Kier molecular flexibility index (Phi) is 4.97. The van der Waals surface area contributed by atoms with Crippen molar-refractivity contribution in [1.82, 2.24) is 15.5 Å². The number of benzene rings is 1. The molecule has 1 aromatic carbocycles. The third-order valence-electron chi connectivity index (χ3n) is 6.12. The number of hydrogen-bond donors (Lipinski definition) is 3. The van der Waals surface area contributed by atoms with Crippen LogP contribution in [0, 0.1) is 5.92 Å². The van der Waals surface area contributed by atoms with Gasteiger partial charge in [0, 0.05) is 31.1 Å². The summed E-state index contributed by atoms with van der Waals surface area (Å²) in [5, 5.41) is 5.92. The first-order valence-corrected chi connectivity index (χ1v) is 9.76. The second-order valence-corrected chi connectivity index (χ2v) is 7.81. The first-order chi connectivity index (χ1) is 13.1. The maximum atomic E-state index is 12.9. The van der Waals surface area contributed by atoms with Gasteiger partial charge in [-0.15, -0.1) is 0 Å². The van der Waals surface area contributed by atoms with Gasteiger partial charge in [-0.1, -0.05) is 18.6 Å². The predicted molar refractivity (Wildman–Crippen MR) is 99.5 cm³/mol. The average molecular weight is 370 g/mol. The molecule has 1 aliphatic carbocycles. The third-order valence-corrected chi connectivity index (χ3v) is 6.12. The standard InChI is InChI=1S/C20H26N4O3/c21-9-13-2-1-3-16(13)22-10-12-4-5-14-11-24(20(27)15(14)8-12)17-6-7-18(25)23-19(17)26/h4-5,8,13,16-17,22H,1-3,6-7,9-11,21H2,(H,23,25,26)/t13-,16+,17?/m0/s1. The molecule has 4 N–H and O–H groups in total. The number of nitrogens with zero attached hydrogens (tertiary/aromatic N) is 1. The highest BCUT2D eigenvalue weighted by molar-refractivity contribution is 6.05. The van der Waals surface area contributed by atoms with E-state index in [-0.39, 0.29) is 24.1 Å². The molecular formula is C20H26N4O3. The number of rotatable bonds is 5. The second kappa shape index (κ2) is 7.40. The topological polar surface area (TPSA) is 105 Å². The van der Waals surface area contributed by atoms with E-state index in [1.165, 1.54) is 12.8 Å². The van der Waals surface area contributed by atoms with Crippen LogP contribution in [-0.4, -0.2) is 41.2 Å². The van der Waals surface area contributed by atoms with Crippen molar-refractivity contribution in [2.75, 3.05) is 6.54 Å². The number of hydrogen-bond acceptors (Lipinski definition) is 5. The molecular weight excluding hydrogens is 344 g/mol. The summed E-state index contributed by atoms with van der Waals surface area (Å²) >= 11 is 0. The fourth-order valence-corrected chi connectivity index (χ4v) is 4.55. The molecule has 144 valence electrons. The molecule has 4 rings (SSSR count). The van der Waals surface area contributed by atoms with Gasteiger partial charge in [-0.3, -0.25) is 19.7 Å². The molecule has 0 bridgehead atoms. The summed E-state index contributed by atoms with van der Waals surface area (Å²) in [7, 11) is 0. The van der Waals surface area contributed by atoms with Crippen LogP contribution >= 0.6 is 0 Å². The molecule has 1 saturated heterocycles. The lowest BCUT2D eigenvalue weighted by Crippen LogP contribution is -2.52.